The van der Waals surface area contributed by atoms with E-state index in [2.05, 4.69) is 11.3 Å². The molecule has 6 heteroatoms. The molecular weight excluding hydrogens is 214 g/mol. The highest BCUT2D eigenvalue weighted by Crippen LogP contribution is 1.99. The minimum Gasteiger partial charge on any atom is -0.550 e. The van der Waals surface area contributed by atoms with Gasteiger partial charge in [0.25, 0.3) is 0 Å². The van der Waals surface area contributed by atoms with Crippen LogP contribution in [0.5, 0.6) is 0 Å². The largest absolute Gasteiger partial charge is 0.550 e. The van der Waals surface area contributed by atoms with Crippen LogP contribution in [0.15, 0.2) is 12.8 Å². The number of carboxylic acid groups (broad SMARTS) is 1. The normalized spacial score (nSPS) is 10.6. The van der Waals surface area contributed by atoms with Crippen LogP contribution in [0, 0.1) is 0 Å². The molecule has 0 heterocycles. The van der Waals surface area contributed by atoms with Gasteiger partial charge in [-0.1, -0.05) is 6.58 Å². The Hall–Kier alpha value is -1.56. The van der Waals surface area contributed by atoms with Gasteiger partial charge in [-0.15, -0.1) is 0 Å². The van der Waals surface area contributed by atoms with Crippen molar-refractivity contribution in [1.82, 2.24) is 0 Å². The van der Waals surface area contributed by atoms with E-state index in [1.165, 1.54) is 0 Å². The average Bonchev–Trinajstić information content (AvgIpc) is 2.15. The van der Waals surface area contributed by atoms with E-state index in [0.717, 1.165) is 6.26 Å². The molecule has 92 valence electrons. The zero-order valence-electron chi connectivity index (χ0n) is 9.60. The molecule has 0 unspecified atom stereocenters. The van der Waals surface area contributed by atoms with E-state index in [9.17, 15) is 14.7 Å². The smallest absolute Gasteiger partial charge is 0.513 e. The maximum atomic E-state index is 10.8. The lowest BCUT2D eigenvalue weighted by Gasteiger charge is -2.29. The van der Waals surface area contributed by atoms with Crippen LogP contribution >= 0.6 is 0 Å². The molecule has 0 aromatic rings. The number of carboxylic acids is 1. The molecule has 0 aliphatic carbocycles. The minimum absolute atomic E-state index is 0.0237. The number of carbonyl (C=O) groups is 2. The highest BCUT2D eigenvalue weighted by atomic mass is 16.7. The molecular formula is C10H17NO5. The third-order valence-electron chi connectivity index (χ3n) is 2.02. The molecule has 0 aliphatic rings. The Morgan fingerprint density at radius 3 is 2.50 bits per heavy atom. The number of quaternary nitrogens is 1. The number of nitrogens with zero attached hydrogens (tertiary/aromatic N) is 1. The second-order valence-corrected chi connectivity index (χ2v) is 3.89. The number of hydrogen-bond acceptors (Lipinski definition) is 5. The Bertz CT molecular complexity index is 262. The Balaban J connectivity index is 3.76. The summed E-state index contributed by atoms with van der Waals surface area (Å²) in [6.45, 7) is 4.28. The molecule has 0 aliphatic heterocycles. The topological polar surface area (TPSA) is 75.7 Å². The van der Waals surface area contributed by atoms with Gasteiger partial charge in [0.2, 0.25) is 0 Å². The second kappa shape index (κ2) is 6.84. The van der Waals surface area contributed by atoms with E-state index in [4.69, 9.17) is 4.74 Å². The maximum absolute atomic E-state index is 10.8. The SMILES string of the molecule is C=COC(=O)OCC[N+](C)(C)CCC(=O)[O-]. The van der Waals surface area contributed by atoms with Gasteiger partial charge in [-0.3, -0.25) is 0 Å². The lowest BCUT2D eigenvalue weighted by Crippen LogP contribution is -2.45. The van der Waals surface area contributed by atoms with Crippen LogP contribution in [0.2, 0.25) is 0 Å². The fraction of sp³-hybridized carbons (Fsp3) is 0.600. The van der Waals surface area contributed by atoms with Crippen molar-refractivity contribution >= 4 is 12.1 Å². The van der Waals surface area contributed by atoms with Crippen LogP contribution in [-0.2, 0) is 14.3 Å². The first-order valence-corrected chi connectivity index (χ1v) is 4.83. The number of rotatable bonds is 7. The van der Waals surface area contributed by atoms with Gasteiger partial charge in [0.15, 0.2) is 0 Å². The monoisotopic (exact) mass is 231 g/mol. The molecule has 0 saturated heterocycles. The third kappa shape index (κ3) is 7.81. The zero-order valence-corrected chi connectivity index (χ0v) is 9.60. The van der Waals surface area contributed by atoms with Gasteiger partial charge in [0.05, 0.1) is 26.9 Å². The maximum Gasteiger partial charge on any atom is 0.513 e. The molecule has 16 heavy (non-hydrogen) atoms. The summed E-state index contributed by atoms with van der Waals surface area (Å²) in [7, 11) is 3.68. The first-order valence-electron chi connectivity index (χ1n) is 4.83. The summed E-state index contributed by atoms with van der Waals surface area (Å²) in [6, 6.07) is 0. The van der Waals surface area contributed by atoms with Crippen LogP contribution < -0.4 is 5.11 Å². The van der Waals surface area contributed by atoms with Crippen LogP contribution in [0.25, 0.3) is 0 Å². The van der Waals surface area contributed by atoms with Crippen LogP contribution in [-0.4, -0.2) is 50.4 Å². The molecule has 0 rings (SSSR count). The summed E-state index contributed by atoms with van der Waals surface area (Å²) in [6.07, 6.45) is 0.151. The number of aliphatic carboxylic acids is 1. The van der Waals surface area contributed by atoms with Gasteiger partial charge < -0.3 is 23.9 Å². The van der Waals surface area contributed by atoms with Crippen molar-refractivity contribution in [3.05, 3.63) is 12.8 Å². The van der Waals surface area contributed by atoms with Gasteiger partial charge in [-0.25, -0.2) is 4.79 Å². The number of likely N-dealkylation sites (N-methyl/N-ethyl adjacent to an activating group) is 1. The van der Waals surface area contributed by atoms with Crippen LogP contribution in [0.3, 0.4) is 0 Å². The molecule has 0 saturated carbocycles. The molecule has 0 aromatic heterocycles. The number of carbonyl (C=O) groups excluding carboxylic acids is 2. The van der Waals surface area contributed by atoms with Gasteiger partial charge in [-0.05, 0) is 0 Å². The van der Waals surface area contributed by atoms with Crippen molar-refractivity contribution in [2.75, 3.05) is 33.8 Å². The van der Waals surface area contributed by atoms with Crippen LogP contribution in [0.1, 0.15) is 6.42 Å². The summed E-state index contributed by atoms with van der Waals surface area (Å²) in [4.78, 5) is 21.0. The minimum atomic E-state index is -1.09. The predicted molar refractivity (Wildman–Crippen MR) is 54.1 cm³/mol. The van der Waals surface area contributed by atoms with Crippen molar-refractivity contribution in [2.45, 2.75) is 6.42 Å². The lowest BCUT2D eigenvalue weighted by molar-refractivity contribution is -0.890. The van der Waals surface area contributed by atoms with Crippen molar-refractivity contribution in [3.63, 3.8) is 0 Å². The Morgan fingerprint density at radius 2 is 2.00 bits per heavy atom. The molecule has 0 spiro atoms. The third-order valence-corrected chi connectivity index (χ3v) is 2.02. The van der Waals surface area contributed by atoms with Gasteiger partial charge in [-0.2, -0.15) is 0 Å². The van der Waals surface area contributed by atoms with E-state index in [1.54, 1.807) is 0 Å². The average molecular weight is 231 g/mol. The van der Waals surface area contributed by atoms with E-state index in [1.807, 2.05) is 14.1 Å². The van der Waals surface area contributed by atoms with Gasteiger partial charge in [0.1, 0.15) is 13.2 Å². The molecule has 0 radical (unpaired) electrons. The Labute approximate surface area is 94.6 Å². The van der Waals surface area contributed by atoms with Crippen LogP contribution in [0.4, 0.5) is 4.79 Å². The standard InChI is InChI=1S/C10H17NO5/c1-4-15-10(14)16-8-7-11(2,3)6-5-9(12)13/h4H,1,5-8H2,2-3H3. The Kier molecular flexibility index (Phi) is 6.17. The molecule has 0 amide bonds. The molecule has 6 nitrogen and oxygen atoms in total. The number of ether oxygens (including phenoxy) is 2. The number of hydrogen-bond donors (Lipinski definition) is 0. The van der Waals surface area contributed by atoms with Crippen molar-refractivity contribution in [1.29, 1.82) is 0 Å². The molecule has 0 fully saturated rings. The quantitative estimate of drug-likeness (QED) is 0.335. The van der Waals surface area contributed by atoms with Crippen molar-refractivity contribution in [3.8, 4) is 0 Å². The van der Waals surface area contributed by atoms with Crippen molar-refractivity contribution < 1.29 is 28.7 Å². The predicted octanol–water partition coefficient (Wildman–Crippen LogP) is -0.500. The fourth-order valence-corrected chi connectivity index (χ4v) is 0.984. The summed E-state index contributed by atoms with van der Waals surface area (Å²) in [5.41, 5.74) is 0. The van der Waals surface area contributed by atoms with E-state index in [-0.39, 0.29) is 13.0 Å². The fourth-order valence-electron chi connectivity index (χ4n) is 0.984. The summed E-state index contributed by atoms with van der Waals surface area (Å²) in [5, 5.41) is 10.3. The van der Waals surface area contributed by atoms with Crippen molar-refractivity contribution in [2.24, 2.45) is 0 Å². The first-order chi connectivity index (χ1) is 7.37. The molecule has 0 N–H and O–H groups in total. The highest BCUT2D eigenvalue weighted by Gasteiger charge is 2.15. The van der Waals surface area contributed by atoms with E-state index < -0.39 is 12.1 Å². The van der Waals surface area contributed by atoms with E-state index in [0.29, 0.717) is 17.6 Å². The summed E-state index contributed by atoms with van der Waals surface area (Å²) >= 11 is 0. The molecule has 0 aromatic carbocycles. The first kappa shape index (κ1) is 14.4. The summed E-state index contributed by atoms with van der Waals surface area (Å²) < 4.78 is 9.49. The Morgan fingerprint density at radius 1 is 1.38 bits per heavy atom. The molecule has 0 bridgehead atoms. The molecule has 0 atom stereocenters. The highest BCUT2D eigenvalue weighted by molar-refractivity contribution is 5.64. The van der Waals surface area contributed by atoms with Gasteiger partial charge >= 0.3 is 6.16 Å². The summed E-state index contributed by atoms with van der Waals surface area (Å²) in [5.74, 6) is -1.09. The van der Waals surface area contributed by atoms with E-state index >= 15 is 0 Å². The second-order valence-electron chi connectivity index (χ2n) is 3.89. The lowest BCUT2D eigenvalue weighted by atomic mass is 10.3. The van der Waals surface area contributed by atoms with Gasteiger partial charge in [0, 0.05) is 12.4 Å². The zero-order chi connectivity index (χ0) is 12.6.